The number of nitrogens with one attached hydrogen (secondary N) is 5. The van der Waals surface area contributed by atoms with Gasteiger partial charge in [-0.25, -0.2) is 33.8 Å². The first-order valence-corrected chi connectivity index (χ1v) is 30.4. The van der Waals surface area contributed by atoms with Gasteiger partial charge < -0.3 is 90.1 Å². The van der Waals surface area contributed by atoms with Gasteiger partial charge in [0.1, 0.15) is 44.3 Å². The second kappa shape index (κ2) is 33.4. The Morgan fingerprint density at radius 3 is 2.16 bits per heavy atom. The number of carboxylic acids is 1. The molecule has 0 saturated carbocycles. The fourth-order valence-corrected chi connectivity index (χ4v) is 10.2. The highest BCUT2D eigenvalue weighted by Gasteiger charge is 2.46. The molecule has 2 unspecified atom stereocenters. The van der Waals surface area contributed by atoms with Crippen LogP contribution in [0.5, 0.6) is 5.75 Å². The van der Waals surface area contributed by atoms with E-state index in [1.54, 1.807) is 57.2 Å². The number of aliphatic carboxylic acids is 1. The van der Waals surface area contributed by atoms with Gasteiger partial charge in [0.25, 0.3) is 17.4 Å². The first-order chi connectivity index (χ1) is 44.9. The van der Waals surface area contributed by atoms with Crippen LogP contribution >= 0.6 is 0 Å². The van der Waals surface area contributed by atoms with Crippen LogP contribution in [-0.4, -0.2) is 198 Å². The molecule has 4 aromatic rings. The van der Waals surface area contributed by atoms with Crippen LogP contribution in [0.4, 0.5) is 29.7 Å². The number of esters is 1. The fraction of sp³-hybridized carbons (Fsp3) is 0.468. The number of carboxylic acid groups (broad SMARTS) is 1. The number of ether oxygens (including phenoxy) is 7. The van der Waals surface area contributed by atoms with Gasteiger partial charge in [0.05, 0.1) is 68.4 Å². The summed E-state index contributed by atoms with van der Waals surface area (Å²) in [6.07, 6.45) is -0.680. The van der Waals surface area contributed by atoms with Crippen molar-refractivity contribution >= 4 is 82.6 Å². The second-order valence-electron chi connectivity index (χ2n) is 22.2. The molecule has 5 heterocycles. The number of nitrogens with zero attached hydrogens (tertiary/aromatic N) is 5. The summed E-state index contributed by atoms with van der Waals surface area (Å²) < 4.78 is 39.5. The molecular formula is C62H77N11O21. The van der Waals surface area contributed by atoms with Gasteiger partial charge in [-0.15, -0.1) is 0 Å². The summed E-state index contributed by atoms with van der Waals surface area (Å²) in [5, 5.41) is 33.5. The molecule has 2 aromatic carbocycles. The summed E-state index contributed by atoms with van der Waals surface area (Å²) in [4.78, 5) is 160. The molecule has 0 aliphatic carbocycles. The number of carbonyl (C=O) groups excluding carboxylic acids is 10. The number of nitrogens with two attached hydrogens (primary N) is 1. The minimum Gasteiger partial charge on any atom is -0.481 e. The predicted molar refractivity (Wildman–Crippen MR) is 330 cm³/mol. The lowest BCUT2D eigenvalue weighted by molar-refractivity contribution is -0.172. The highest BCUT2D eigenvalue weighted by molar-refractivity contribution is 6.12. The molecular weight excluding hydrogens is 1230 g/mol. The number of anilines is 1. The Balaban J connectivity index is 0.942. The average Bonchev–Trinajstić information content (AvgIpc) is 1.51. The van der Waals surface area contributed by atoms with Gasteiger partial charge in [-0.2, -0.15) is 0 Å². The maximum Gasteiger partial charge on any atom is 0.415 e. The van der Waals surface area contributed by atoms with Gasteiger partial charge in [-0.3, -0.25) is 33.7 Å². The van der Waals surface area contributed by atoms with Crippen molar-refractivity contribution in [2.24, 2.45) is 11.7 Å². The number of rotatable bonds is 33. The largest absolute Gasteiger partial charge is 0.481 e. The van der Waals surface area contributed by atoms with Gasteiger partial charge in [0.15, 0.2) is 5.60 Å². The Morgan fingerprint density at radius 1 is 0.787 bits per heavy atom. The first kappa shape index (κ1) is 71.2. The van der Waals surface area contributed by atoms with Gasteiger partial charge in [-0.1, -0.05) is 39.8 Å². The minimum atomic E-state index is -2.01. The van der Waals surface area contributed by atoms with Crippen molar-refractivity contribution in [1.82, 2.24) is 45.5 Å². The summed E-state index contributed by atoms with van der Waals surface area (Å²) in [6.45, 7) is 5.59. The predicted octanol–water partition coefficient (Wildman–Crippen LogP) is 2.49. The number of carbonyl (C=O) groups is 11. The number of primary amides is 1. The Kier molecular flexibility index (Phi) is 25.3. The van der Waals surface area contributed by atoms with Crippen molar-refractivity contribution in [3.8, 4) is 17.1 Å². The lowest BCUT2D eigenvalue weighted by Crippen LogP contribution is -2.54. The maximum atomic E-state index is 14.1. The standard InChI is InChI=1S/C62H77N11O21/c1-6-40-41-31-39(14-15-45(41)67-52-42(40)33-73-47(52)32-44-43(55(73)80)35-92-56(81)62(44,87)7-2)94-61(86)71(23-25-88-27-29-90-58(83)65-20-18-50(76)77)22-21-70(5)60(85)93-34-37-10-12-38(13-11-37)66-53(78)46(9-8-19-64-57(63)82)68-54(79)51(36(3)4)69-59(84)91-30-28-89-26-24-72-48(74)16-17-49(72)75/h10-17,31-32,36,46,51,87H,6-9,18-30,33-35H2,1-5H3,(H,65,83)(H,66,78)(H,68,79)(H,69,84)(H,76,77)(H3,63,64,82)/t46?,51-,62?/m0/s1. The van der Waals surface area contributed by atoms with Crippen molar-refractivity contribution in [1.29, 1.82) is 0 Å². The molecule has 506 valence electrons. The molecule has 3 atom stereocenters. The number of hydrogen-bond donors (Lipinski definition) is 8. The van der Waals surface area contributed by atoms with E-state index in [9.17, 15) is 62.6 Å². The van der Waals surface area contributed by atoms with Crippen molar-refractivity contribution in [3.63, 3.8) is 0 Å². The Labute approximate surface area is 538 Å². The number of hydrogen-bond acceptors (Lipinski definition) is 21. The monoisotopic (exact) mass is 1310 g/mol. The minimum absolute atomic E-state index is 0.00114. The van der Waals surface area contributed by atoms with Gasteiger partial charge in [0.2, 0.25) is 11.8 Å². The van der Waals surface area contributed by atoms with E-state index in [0.717, 1.165) is 28.2 Å². The van der Waals surface area contributed by atoms with E-state index in [4.69, 9.17) is 49.0 Å². The Morgan fingerprint density at radius 2 is 1.49 bits per heavy atom. The van der Waals surface area contributed by atoms with Crippen LogP contribution in [0, 0.1) is 5.92 Å². The van der Waals surface area contributed by atoms with Crippen molar-refractivity contribution in [2.75, 3.05) is 91.3 Å². The molecule has 9 N–H and O–H groups in total. The summed E-state index contributed by atoms with van der Waals surface area (Å²) in [7, 11) is 1.45. The molecule has 0 fully saturated rings. The number of alkyl carbamates (subject to hydrolysis) is 2. The van der Waals surface area contributed by atoms with Crippen LogP contribution in [0.2, 0.25) is 0 Å². The third-order valence-corrected chi connectivity index (χ3v) is 15.4. The molecule has 32 nitrogen and oxygen atoms in total. The average molecular weight is 1310 g/mol. The normalized spacial score (nSPS) is 15.0. The van der Waals surface area contributed by atoms with Crippen LogP contribution < -0.4 is 42.6 Å². The first-order valence-electron chi connectivity index (χ1n) is 30.4. The molecule has 32 heteroatoms. The fourth-order valence-electron chi connectivity index (χ4n) is 10.2. The lowest BCUT2D eigenvalue weighted by Gasteiger charge is -2.31. The number of fused-ring (bicyclic) bond motifs is 5. The van der Waals surface area contributed by atoms with Crippen molar-refractivity contribution in [3.05, 3.63) is 98.9 Å². The van der Waals surface area contributed by atoms with Crippen LogP contribution in [0.15, 0.2) is 65.5 Å². The molecule has 7 rings (SSSR count). The van der Waals surface area contributed by atoms with E-state index < -0.39 is 95.1 Å². The number of aromatic nitrogens is 2. The topological polar surface area (TPSA) is 424 Å². The summed E-state index contributed by atoms with van der Waals surface area (Å²) in [5.74, 6) is -4.55. The van der Waals surface area contributed by atoms with E-state index in [0.29, 0.717) is 40.0 Å². The van der Waals surface area contributed by atoms with E-state index in [-0.39, 0.29) is 141 Å². The molecule has 0 spiro atoms. The molecule has 3 aliphatic rings. The summed E-state index contributed by atoms with van der Waals surface area (Å²) in [5.41, 5.74) is 6.99. The van der Waals surface area contributed by atoms with Gasteiger partial charge in [-0.05, 0) is 79.1 Å². The zero-order chi connectivity index (χ0) is 68.2. The Bertz CT molecular complexity index is 3580. The smallest absolute Gasteiger partial charge is 0.415 e. The Hall–Kier alpha value is -10.2. The number of likely N-dealkylation sites (N-methyl/N-ethyl adjacent to an activating group) is 1. The number of pyridine rings is 2. The van der Waals surface area contributed by atoms with Crippen LogP contribution in [0.25, 0.3) is 22.3 Å². The zero-order valence-corrected chi connectivity index (χ0v) is 52.6. The van der Waals surface area contributed by atoms with E-state index in [1.165, 1.54) is 33.5 Å². The molecule has 0 saturated heterocycles. The molecule has 3 aliphatic heterocycles. The van der Waals surface area contributed by atoms with Crippen LogP contribution in [0.3, 0.4) is 0 Å². The number of cyclic esters (lactones) is 1. The number of aryl methyl sites for hydroxylation is 1. The van der Waals surface area contributed by atoms with Crippen molar-refractivity contribution < 1.29 is 96.1 Å². The number of benzene rings is 2. The number of aliphatic hydroxyl groups is 1. The maximum absolute atomic E-state index is 14.1. The lowest BCUT2D eigenvalue weighted by atomic mass is 9.86. The highest BCUT2D eigenvalue weighted by Crippen LogP contribution is 2.41. The number of urea groups is 1. The third-order valence-electron chi connectivity index (χ3n) is 15.4. The second-order valence-corrected chi connectivity index (χ2v) is 22.2. The molecule has 2 aromatic heterocycles. The van der Waals surface area contributed by atoms with Crippen LogP contribution in [0.1, 0.15) is 81.2 Å². The van der Waals surface area contributed by atoms with E-state index >= 15 is 0 Å². The third kappa shape index (κ3) is 18.7. The molecule has 10 amide bonds. The van der Waals surface area contributed by atoms with Gasteiger partial charge in [0, 0.05) is 74.1 Å². The van der Waals surface area contributed by atoms with Crippen LogP contribution in [-0.2, 0) is 89.0 Å². The number of amides is 10. The number of imide groups is 1. The zero-order valence-electron chi connectivity index (χ0n) is 52.6. The van der Waals surface area contributed by atoms with Crippen molar-refractivity contribution in [2.45, 2.75) is 97.2 Å². The molecule has 0 radical (unpaired) electrons. The SMILES string of the molecule is CCc1c2c(nc3ccc(OC(=O)N(CCOCCOC(=O)NCCC(=O)O)CCN(C)C(=O)OCc4ccc(NC(=O)C(CCCNC(N)=O)NC(=O)[C@@H](NC(=O)OCCOCCN5C(=O)C=CC5=O)C(C)C)cc4)cc13)-c1cc3c(c(=O)n1C2)COC(=O)C3(O)CC. The molecule has 94 heavy (non-hydrogen) atoms. The highest BCUT2D eigenvalue weighted by atomic mass is 16.6. The van der Waals surface area contributed by atoms with E-state index in [2.05, 4.69) is 26.6 Å². The summed E-state index contributed by atoms with van der Waals surface area (Å²) in [6, 6.07) is 9.62. The van der Waals surface area contributed by atoms with Gasteiger partial charge >= 0.3 is 42.3 Å². The summed E-state index contributed by atoms with van der Waals surface area (Å²) >= 11 is 0. The van der Waals surface area contributed by atoms with E-state index in [1.807, 2.05) is 6.92 Å². The quantitative estimate of drug-likeness (QED) is 0.0129. The molecule has 0 bridgehead atoms.